The van der Waals surface area contributed by atoms with Crippen molar-refractivity contribution in [2.75, 3.05) is 20.1 Å². The molecule has 0 aromatic carbocycles. The monoisotopic (exact) mass is 430 g/mol. The van der Waals surface area contributed by atoms with Crippen molar-refractivity contribution in [3.05, 3.63) is 30.2 Å². The molecule has 0 atom stereocenters. The smallest absolute Gasteiger partial charge is 0.276 e. The Morgan fingerprint density at radius 2 is 2.13 bits per heavy atom. The second kappa shape index (κ2) is 10.1. The van der Waals surface area contributed by atoms with Crippen LogP contribution in [0.2, 0.25) is 0 Å². The molecular weight excluding hydrogens is 407 g/mol. The summed E-state index contributed by atoms with van der Waals surface area (Å²) in [5.41, 5.74) is 0.684. The van der Waals surface area contributed by atoms with E-state index in [0.717, 1.165) is 12.5 Å². The summed E-state index contributed by atoms with van der Waals surface area (Å²) in [5.74, 6) is 2.43. The predicted octanol–water partition coefficient (Wildman–Crippen LogP) is 2.11. The van der Waals surface area contributed by atoms with E-state index in [-0.39, 0.29) is 24.0 Å². The SMILES string of the molecule is CN=C(NCCc1noc(-c2ccccn2)n1)NCC(C)C.I. The lowest BCUT2D eigenvalue weighted by Gasteiger charge is -2.12. The van der Waals surface area contributed by atoms with Crippen molar-refractivity contribution in [2.24, 2.45) is 10.9 Å². The van der Waals surface area contributed by atoms with Gasteiger partial charge >= 0.3 is 0 Å². The highest BCUT2D eigenvalue weighted by Crippen LogP contribution is 2.12. The predicted molar refractivity (Wildman–Crippen MR) is 101 cm³/mol. The summed E-state index contributed by atoms with van der Waals surface area (Å²) < 4.78 is 5.22. The highest BCUT2D eigenvalue weighted by Gasteiger charge is 2.09. The molecule has 0 bridgehead atoms. The Hall–Kier alpha value is -1.71. The topological polar surface area (TPSA) is 88.2 Å². The van der Waals surface area contributed by atoms with Crippen LogP contribution in [0, 0.1) is 5.92 Å². The van der Waals surface area contributed by atoms with E-state index < -0.39 is 0 Å². The van der Waals surface area contributed by atoms with Crippen LogP contribution >= 0.6 is 24.0 Å². The average molecular weight is 430 g/mol. The van der Waals surface area contributed by atoms with Crippen molar-refractivity contribution in [1.29, 1.82) is 0 Å². The van der Waals surface area contributed by atoms with Crippen molar-refractivity contribution in [3.8, 4) is 11.6 Å². The molecule has 0 saturated carbocycles. The van der Waals surface area contributed by atoms with Crippen LogP contribution in [0.15, 0.2) is 33.9 Å². The molecule has 2 aromatic rings. The van der Waals surface area contributed by atoms with Gasteiger partial charge in [0.1, 0.15) is 5.69 Å². The lowest BCUT2D eigenvalue weighted by atomic mass is 10.2. The Morgan fingerprint density at radius 1 is 1.30 bits per heavy atom. The van der Waals surface area contributed by atoms with Gasteiger partial charge in [-0.15, -0.1) is 24.0 Å². The van der Waals surface area contributed by atoms with Crippen LogP contribution in [0.5, 0.6) is 0 Å². The van der Waals surface area contributed by atoms with Gasteiger partial charge in [-0.3, -0.25) is 9.98 Å². The van der Waals surface area contributed by atoms with E-state index in [1.165, 1.54) is 0 Å². The summed E-state index contributed by atoms with van der Waals surface area (Å²) in [6, 6.07) is 5.58. The van der Waals surface area contributed by atoms with Crippen LogP contribution < -0.4 is 10.6 Å². The number of rotatable bonds is 6. The number of guanidine groups is 1. The molecule has 2 aromatic heterocycles. The second-order valence-electron chi connectivity index (χ2n) is 5.25. The van der Waals surface area contributed by atoms with Crippen LogP contribution in [0.1, 0.15) is 19.7 Å². The van der Waals surface area contributed by atoms with E-state index in [2.05, 4.69) is 44.6 Å². The first kappa shape index (κ1) is 19.3. The van der Waals surface area contributed by atoms with Crippen LogP contribution in [0.4, 0.5) is 0 Å². The van der Waals surface area contributed by atoms with E-state index >= 15 is 0 Å². The normalized spacial score (nSPS) is 11.2. The fourth-order valence-electron chi connectivity index (χ4n) is 1.76. The molecule has 7 nitrogen and oxygen atoms in total. The zero-order valence-electron chi connectivity index (χ0n) is 13.6. The molecule has 0 spiro atoms. The minimum absolute atomic E-state index is 0. The van der Waals surface area contributed by atoms with Gasteiger partial charge < -0.3 is 15.2 Å². The maximum atomic E-state index is 5.22. The van der Waals surface area contributed by atoms with Gasteiger partial charge in [-0.1, -0.05) is 25.1 Å². The molecule has 2 N–H and O–H groups in total. The first-order valence-corrected chi connectivity index (χ1v) is 7.37. The number of hydrogen-bond donors (Lipinski definition) is 2. The van der Waals surface area contributed by atoms with Gasteiger partial charge in [-0.25, -0.2) is 0 Å². The number of nitrogens with zero attached hydrogens (tertiary/aromatic N) is 4. The Morgan fingerprint density at radius 3 is 2.78 bits per heavy atom. The minimum Gasteiger partial charge on any atom is -0.356 e. The summed E-state index contributed by atoms with van der Waals surface area (Å²) in [4.78, 5) is 12.7. The molecule has 0 aliphatic rings. The third-order valence-electron chi connectivity index (χ3n) is 2.89. The number of halogens is 1. The highest BCUT2D eigenvalue weighted by molar-refractivity contribution is 14.0. The number of hydrogen-bond acceptors (Lipinski definition) is 5. The molecule has 2 rings (SSSR count). The van der Waals surface area contributed by atoms with E-state index in [9.17, 15) is 0 Å². The molecule has 0 fully saturated rings. The quantitative estimate of drug-likeness (QED) is 0.415. The van der Waals surface area contributed by atoms with E-state index in [4.69, 9.17) is 4.52 Å². The Kier molecular flexibility index (Phi) is 8.52. The van der Waals surface area contributed by atoms with Gasteiger partial charge in [-0.2, -0.15) is 4.98 Å². The molecular formula is C15H23IN6O. The first-order valence-electron chi connectivity index (χ1n) is 7.37. The summed E-state index contributed by atoms with van der Waals surface area (Å²) >= 11 is 0. The average Bonchev–Trinajstić information content (AvgIpc) is 3.00. The van der Waals surface area contributed by atoms with Gasteiger partial charge in [0.05, 0.1) is 0 Å². The molecule has 8 heteroatoms. The number of aromatic nitrogens is 3. The standard InChI is InChI=1S/C15H22N6O.HI/c1-11(2)10-19-15(16-3)18-9-7-13-20-14(22-21-13)12-6-4-5-8-17-12;/h4-6,8,11H,7,9-10H2,1-3H3,(H2,16,18,19);1H. The van der Waals surface area contributed by atoms with Gasteiger partial charge in [0.25, 0.3) is 5.89 Å². The van der Waals surface area contributed by atoms with Crippen molar-refractivity contribution in [2.45, 2.75) is 20.3 Å². The van der Waals surface area contributed by atoms with Crippen molar-refractivity contribution in [1.82, 2.24) is 25.8 Å². The lowest BCUT2D eigenvalue weighted by molar-refractivity contribution is 0.421. The molecule has 0 unspecified atom stereocenters. The van der Waals surface area contributed by atoms with E-state index in [1.54, 1.807) is 13.2 Å². The summed E-state index contributed by atoms with van der Waals surface area (Å²) in [7, 11) is 1.75. The molecule has 2 heterocycles. The summed E-state index contributed by atoms with van der Waals surface area (Å²) in [6.45, 7) is 5.86. The molecule has 23 heavy (non-hydrogen) atoms. The highest BCUT2D eigenvalue weighted by atomic mass is 127. The van der Waals surface area contributed by atoms with Crippen molar-refractivity contribution < 1.29 is 4.52 Å². The summed E-state index contributed by atoms with van der Waals surface area (Å²) in [5, 5.41) is 10.4. The third-order valence-corrected chi connectivity index (χ3v) is 2.89. The second-order valence-corrected chi connectivity index (χ2v) is 5.25. The Balaban J connectivity index is 0.00000264. The maximum Gasteiger partial charge on any atom is 0.276 e. The number of aliphatic imine (C=N–C) groups is 1. The molecule has 126 valence electrons. The Bertz CT molecular complexity index is 599. The van der Waals surface area contributed by atoms with Gasteiger partial charge in [0.15, 0.2) is 11.8 Å². The first-order chi connectivity index (χ1) is 10.7. The Labute approximate surface area is 153 Å². The fourth-order valence-corrected chi connectivity index (χ4v) is 1.76. The van der Waals surface area contributed by atoms with Crippen LogP contribution in [0.3, 0.4) is 0 Å². The van der Waals surface area contributed by atoms with E-state index in [1.807, 2.05) is 18.2 Å². The zero-order chi connectivity index (χ0) is 15.8. The van der Waals surface area contributed by atoms with E-state index in [0.29, 0.717) is 36.3 Å². The van der Waals surface area contributed by atoms with Crippen molar-refractivity contribution >= 4 is 29.9 Å². The van der Waals surface area contributed by atoms with Gasteiger partial charge in [0.2, 0.25) is 0 Å². The van der Waals surface area contributed by atoms with Crippen molar-refractivity contribution in [3.63, 3.8) is 0 Å². The maximum absolute atomic E-state index is 5.22. The number of pyridine rings is 1. The molecule has 0 saturated heterocycles. The molecule has 0 aliphatic carbocycles. The molecule has 0 radical (unpaired) electrons. The fraction of sp³-hybridized carbons (Fsp3) is 0.467. The van der Waals surface area contributed by atoms with Gasteiger partial charge in [0, 0.05) is 32.8 Å². The lowest BCUT2D eigenvalue weighted by Crippen LogP contribution is -2.40. The number of nitrogens with one attached hydrogen (secondary N) is 2. The molecule has 0 aliphatic heterocycles. The van der Waals surface area contributed by atoms with Crippen LogP contribution in [-0.4, -0.2) is 41.2 Å². The molecule has 0 amide bonds. The van der Waals surface area contributed by atoms with Crippen LogP contribution in [-0.2, 0) is 6.42 Å². The minimum atomic E-state index is 0. The largest absolute Gasteiger partial charge is 0.356 e. The van der Waals surface area contributed by atoms with Gasteiger partial charge in [-0.05, 0) is 18.1 Å². The van der Waals surface area contributed by atoms with Crippen LogP contribution in [0.25, 0.3) is 11.6 Å². The summed E-state index contributed by atoms with van der Waals surface area (Å²) in [6.07, 6.45) is 2.35. The third kappa shape index (κ3) is 6.51. The zero-order valence-corrected chi connectivity index (χ0v) is 15.9.